The van der Waals surface area contributed by atoms with Gasteiger partial charge in [0.15, 0.2) is 12.1 Å². The fourth-order valence-corrected chi connectivity index (χ4v) is 5.52. The van der Waals surface area contributed by atoms with Gasteiger partial charge in [-0.05, 0) is 61.9 Å². The van der Waals surface area contributed by atoms with Gasteiger partial charge in [0.25, 0.3) is 5.91 Å². The molecular weight excluding hydrogens is 440 g/mol. The third kappa shape index (κ3) is 3.55. The number of ether oxygens (including phenoxy) is 1. The summed E-state index contributed by atoms with van der Waals surface area (Å²) in [7, 11) is 1.62. The normalized spacial score (nSPS) is 27.4. The van der Waals surface area contributed by atoms with E-state index in [2.05, 4.69) is 15.9 Å². The highest BCUT2D eigenvalue weighted by atomic mass is 79.9. The van der Waals surface area contributed by atoms with Crippen molar-refractivity contribution in [2.24, 2.45) is 0 Å². The summed E-state index contributed by atoms with van der Waals surface area (Å²) in [6.45, 7) is 5.62. The van der Waals surface area contributed by atoms with E-state index in [1.165, 1.54) is 5.06 Å². The lowest BCUT2D eigenvalue weighted by Gasteiger charge is -2.42. The first-order chi connectivity index (χ1) is 13.9. The van der Waals surface area contributed by atoms with Gasteiger partial charge in [-0.1, -0.05) is 15.9 Å². The highest BCUT2D eigenvalue weighted by Gasteiger charge is 2.61. The highest BCUT2D eigenvalue weighted by Crippen LogP contribution is 2.45. The maximum Gasteiger partial charge on any atom is 0.262 e. The van der Waals surface area contributed by atoms with Gasteiger partial charge in [-0.2, -0.15) is 5.06 Å². The number of ketones is 1. The molecule has 0 radical (unpaired) electrons. The number of halogens is 1. The van der Waals surface area contributed by atoms with Gasteiger partial charge in [-0.15, -0.1) is 0 Å². The average Bonchev–Trinajstić information content (AvgIpc) is 3.26. The summed E-state index contributed by atoms with van der Waals surface area (Å²) < 4.78 is 6.55. The van der Waals surface area contributed by atoms with Crippen molar-refractivity contribution in [3.63, 3.8) is 0 Å². The quantitative estimate of drug-likeness (QED) is 0.635. The third-order valence-electron chi connectivity index (χ3n) is 6.32. The summed E-state index contributed by atoms with van der Waals surface area (Å²) in [6.07, 6.45) is 2.08. The molecule has 1 spiro atoms. The molecule has 3 saturated heterocycles. The molecule has 0 aromatic heterocycles. The molecule has 3 aliphatic rings. The van der Waals surface area contributed by atoms with Gasteiger partial charge >= 0.3 is 0 Å². The van der Waals surface area contributed by atoms with E-state index >= 15 is 0 Å². The molecule has 2 unspecified atom stereocenters. The monoisotopic (exact) mass is 466 g/mol. The zero-order chi connectivity index (χ0) is 20.8. The molecule has 2 atom stereocenters. The number of hydrogen-bond acceptors (Lipinski definition) is 6. The Labute approximate surface area is 179 Å². The number of Topliss-reactive ketones (excluding diaryl/α,β-unsaturated/α-hetero) is 1. The van der Waals surface area contributed by atoms with Crippen molar-refractivity contribution in [2.45, 2.75) is 57.3 Å². The van der Waals surface area contributed by atoms with Gasteiger partial charge in [0.05, 0.1) is 13.7 Å². The highest BCUT2D eigenvalue weighted by molar-refractivity contribution is 9.10. The first kappa shape index (κ1) is 20.9. The molecule has 3 fully saturated rings. The molecule has 0 aliphatic carbocycles. The van der Waals surface area contributed by atoms with Crippen LogP contribution in [0.1, 0.15) is 48.3 Å². The van der Waals surface area contributed by atoms with Crippen LogP contribution in [0.25, 0.3) is 0 Å². The Morgan fingerprint density at radius 2 is 1.83 bits per heavy atom. The first-order valence-electron chi connectivity index (χ1n) is 10.1. The minimum Gasteiger partial charge on any atom is -0.350 e. The summed E-state index contributed by atoms with van der Waals surface area (Å²) in [5.74, 6) is -1.21. The van der Waals surface area contributed by atoms with Crippen molar-refractivity contribution < 1.29 is 24.0 Å². The van der Waals surface area contributed by atoms with E-state index in [9.17, 15) is 9.59 Å². The lowest BCUT2D eigenvalue weighted by Crippen LogP contribution is -2.56. The van der Waals surface area contributed by atoms with Crippen LogP contribution < -0.4 is 0 Å². The number of carbonyl (C=O) groups excluding carboxylic acids is 2. The predicted octanol–water partition coefficient (Wildman–Crippen LogP) is 3.02. The van der Waals surface area contributed by atoms with Crippen molar-refractivity contribution in [1.82, 2.24) is 10.1 Å². The van der Waals surface area contributed by atoms with E-state index in [4.69, 9.17) is 14.4 Å². The lowest BCUT2D eigenvalue weighted by atomic mass is 9.79. The maximum absolute atomic E-state index is 13.8. The minimum atomic E-state index is -0.977. The lowest BCUT2D eigenvalue weighted by molar-refractivity contribution is -0.288. The van der Waals surface area contributed by atoms with Gasteiger partial charge in [0, 0.05) is 24.0 Å². The van der Waals surface area contributed by atoms with Gasteiger partial charge in [0.2, 0.25) is 0 Å². The Bertz CT molecular complexity index is 792. The molecule has 7 nitrogen and oxygen atoms in total. The van der Waals surface area contributed by atoms with E-state index in [0.717, 1.165) is 34.0 Å². The standard InChI is InChI=1S/C21H27BrN2O5/c1-13-11-15(22)12-14(2)17(13)18-19(25)21(6-8-23(27-3)9-7-21)24(20(18)26)29-16-5-4-10-28-16/h11-12,16,18H,4-10H2,1-3H3. The first-order valence-corrected chi connectivity index (χ1v) is 10.9. The van der Waals surface area contributed by atoms with Gasteiger partial charge < -0.3 is 9.57 Å². The zero-order valence-electron chi connectivity index (χ0n) is 17.1. The number of rotatable bonds is 4. The topological polar surface area (TPSA) is 68.3 Å². The Balaban J connectivity index is 1.73. The fraction of sp³-hybridized carbons (Fsp3) is 0.619. The molecule has 3 heterocycles. The van der Waals surface area contributed by atoms with Crippen LogP contribution in [0.3, 0.4) is 0 Å². The number of nitrogens with zero attached hydrogens (tertiary/aromatic N) is 2. The largest absolute Gasteiger partial charge is 0.350 e. The summed E-state index contributed by atoms with van der Waals surface area (Å²) in [5, 5.41) is 3.18. The Morgan fingerprint density at radius 1 is 1.17 bits per heavy atom. The third-order valence-corrected chi connectivity index (χ3v) is 6.78. The van der Waals surface area contributed by atoms with Crippen LogP contribution in [0.4, 0.5) is 0 Å². The molecule has 3 aliphatic heterocycles. The van der Waals surface area contributed by atoms with Gasteiger partial charge in [0.1, 0.15) is 11.5 Å². The molecule has 4 rings (SSSR count). The van der Waals surface area contributed by atoms with E-state index in [1.54, 1.807) is 7.11 Å². The zero-order valence-corrected chi connectivity index (χ0v) is 18.7. The molecule has 8 heteroatoms. The number of aryl methyl sites for hydroxylation is 2. The van der Waals surface area contributed by atoms with Crippen molar-refractivity contribution in [2.75, 3.05) is 26.8 Å². The summed E-state index contributed by atoms with van der Waals surface area (Å²) in [4.78, 5) is 38.8. The number of hydrogen-bond donors (Lipinski definition) is 0. The van der Waals surface area contributed by atoms with Gasteiger partial charge in [-0.25, -0.2) is 9.90 Å². The minimum absolute atomic E-state index is 0.0789. The fourth-order valence-electron chi connectivity index (χ4n) is 4.83. The van der Waals surface area contributed by atoms with Crippen molar-refractivity contribution in [3.8, 4) is 0 Å². The predicted molar refractivity (Wildman–Crippen MR) is 109 cm³/mol. The average molecular weight is 467 g/mol. The molecule has 1 aromatic carbocycles. The Kier molecular flexibility index (Phi) is 5.83. The smallest absolute Gasteiger partial charge is 0.262 e. The second kappa shape index (κ2) is 8.07. The second-order valence-corrected chi connectivity index (χ2v) is 8.99. The second-order valence-electron chi connectivity index (χ2n) is 8.07. The van der Waals surface area contributed by atoms with E-state index in [1.807, 2.05) is 31.0 Å². The van der Waals surface area contributed by atoms with Crippen LogP contribution in [-0.4, -0.2) is 60.5 Å². The number of piperidine rings is 1. The Hall–Kier alpha value is -1.32. The SMILES string of the molecule is CON1CCC2(CC1)C(=O)C(c1c(C)cc(Br)cc1C)C(=O)N2OC1CCCO1. The summed E-state index contributed by atoms with van der Waals surface area (Å²) >= 11 is 3.50. The van der Waals surface area contributed by atoms with Crippen LogP contribution in [0.15, 0.2) is 16.6 Å². The molecule has 0 bridgehead atoms. The van der Waals surface area contributed by atoms with Crippen LogP contribution in [0, 0.1) is 13.8 Å². The van der Waals surface area contributed by atoms with E-state index < -0.39 is 17.7 Å². The Morgan fingerprint density at radius 3 is 2.38 bits per heavy atom. The van der Waals surface area contributed by atoms with Crippen molar-refractivity contribution in [3.05, 3.63) is 33.3 Å². The molecule has 29 heavy (non-hydrogen) atoms. The van der Waals surface area contributed by atoms with Crippen LogP contribution in [0.2, 0.25) is 0 Å². The molecule has 1 aromatic rings. The van der Waals surface area contributed by atoms with Crippen molar-refractivity contribution in [1.29, 1.82) is 0 Å². The number of hydroxylamine groups is 4. The molecule has 158 valence electrons. The van der Waals surface area contributed by atoms with Crippen LogP contribution in [0.5, 0.6) is 0 Å². The van der Waals surface area contributed by atoms with Crippen LogP contribution >= 0.6 is 15.9 Å². The molecule has 0 saturated carbocycles. The number of carbonyl (C=O) groups is 2. The van der Waals surface area contributed by atoms with E-state index in [-0.39, 0.29) is 11.7 Å². The maximum atomic E-state index is 13.8. The molecular formula is C21H27BrN2O5. The van der Waals surface area contributed by atoms with Crippen LogP contribution in [-0.2, 0) is 24.0 Å². The summed E-state index contributed by atoms with van der Waals surface area (Å²) in [5.41, 5.74) is 1.66. The molecule has 0 N–H and O–H groups in total. The number of benzene rings is 1. The summed E-state index contributed by atoms with van der Waals surface area (Å²) in [6, 6.07) is 3.90. The van der Waals surface area contributed by atoms with E-state index in [0.29, 0.717) is 32.5 Å². The van der Waals surface area contributed by atoms with Gasteiger partial charge in [-0.3, -0.25) is 9.59 Å². The number of amides is 1. The van der Waals surface area contributed by atoms with Crippen molar-refractivity contribution >= 4 is 27.6 Å². The molecule has 1 amide bonds.